The molecule has 1 saturated heterocycles. The van der Waals surface area contributed by atoms with Crippen LogP contribution in [0.25, 0.3) is 10.9 Å². The van der Waals surface area contributed by atoms with Gasteiger partial charge in [0.25, 0.3) is 0 Å². The number of para-hydroxylation sites is 1. The Labute approximate surface area is 500 Å². The van der Waals surface area contributed by atoms with Crippen LogP contribution in [0.3, 0.4) is 0 Å². The number of fused-ring (bicyclic) bond motifs is 1. The van der Waals surface area contributed by atoms with Gasteiger partial charge < -0.3 is 89.8 Å². The molecule has 0 bridgehead atoms. The number of aromatic amines is 3. The van der Waals surface area contributed by atoms with E-state index < -0.39 is 126 Å². The first-order valence-electron chi connectivity index (χ1n) is 28.5. The number of hydrogen-bond donors (Lipinski definition) is 17. The SMILES string of the molecule is CC(C)C[C@H](NC(=O)[C@H](CCCNC(=N)N)NC(=O)[C@H](Cc1c[nH]cn1)NC(=O)[C@H](Cc1c[nH]c2ccccc12)NC(=O)[C@H](Cc1c[nH]cn1)NC(=O)[C@H](Cc1ccccc1)NC(=O)[C@@H](N)[C@@H](C)O)C(=O)N[C@@H](CC(N)=O)C(=O)N1CCC[C@H]1C(=O)O. The molecule has 0 unspecified atom stereocenters. The number of nitrogens with one attached hydrogen (secondary N) is 12. The molecule has 6 rings (SSSR count). The van der Waals surface area contributed by atoms with Crippen LogP contribution < -0.4 is 59.7 Å². The Kier molecular flexibility index (Phi) is 24.4. The van der Waals surface area contributed by atoms with Gasteiger partial charge in [-0.05, 0) is 62.1 Å². The number of carbonyl (C=O) groups is 10. The monoisotopic (exact) mass is 1210 g/mol. The molecule has 1 fully saturated rings. The van der Waals surface area contributed by atoms with E-state index in [1.165, 1.54) is 32.0 Å². The Bertz CT molecular complexity index is 3170. The molecule has 20 N–H and O–H groups in total. The Morgan fingerprint density at radius 2 is 1.16 bits per heavy atom. The molecule has 5 aromatic rings. The van der Waals surface area contributed by atoms with Crippen LogP contribution in [-0.2, 0) is 73.6 Å². The molecule has 2 aromatic carbocycles. The number of guanidine groups is 1. The highest BCUT2D eigenvalue weighted by atomic mass is 16.4. The molecule has 468 valence electrons. The minimum absolute atomic E-state index is 0.0276. The van der Waals surface area contributed by atoms with Crippen molar-refractivity contribution in [3.63, 3.8) is 0 Å². The van der Waals surface area contributed by atoms with Crippen molar-refractivity contribution in [2.24, 2.45) is 23.1 Å². The number of aliphatic hydroxyl groups is 1. The van der Waals surface area contributed by atoms with E-state index in [1.807, 2.05) is 0 Å². The maximum atomic E-state index is 15.1. The van der Waals surface area contributed by atoms with E-state index in [0.29, 0.717) is 34.1 Å². The molecular weight excluding hydrogens is 1130 g/mol. The summed E-state index contributed by atoms with van der Waals surface area (Å²) in [5.74, 6) is -9.94. The fraction of sp³-hybridized carbons (Fsp3) is 0.456. The van der Waals surface area contributed by atoms with E-state index in [-0.39, 0.29) is 82.0 Å². The lowest BCUT2D eigenvalue weighted by Crippen LogP contribution is -2.61. The smallest absolute Gasteiger partial charge is 0.326 e. The fourth-order valence-electron chi connectivity index (χ4n) is 9.94. The number of carbonyl (C=O) groups excluding carboxylic acids is 9. The average molecular weight is 1210 g/mol. The Morgan fingerprint density at radius 3 is 1.70 bits per heavy atom. The highest BCUT2D eigenvalue weighted by Gasteiger charge is 2.40. The van der Waals surface area contributed by atoms with E-state index in [9.17, 15) is 53.4 Å². The van der Waals surface area contributed by atoms with Gasteiger partial charge in [0.15, 0.2) is 5.96 Å². The van der Waals surface area contributed by atoms with Crippen LogP contribution in [0.2, 0.25) is 0 Å². The minimum atomic E-state index is -1.59. The van der Waals surface area contributed by atoms with Crippen molar-refractivity contribution in [1.29, 1.82) is 5.41 Å². The molecule has 30 nitrogen and oxygen atoms in total. The first-order valence-corrected chi connectivity index (χ1v) is 28.5. The second kappa shape index (κ2) is 32.0. The number of likely N-dealkylation sites (tertiary alicyclic amines) is 1. The lowest BCUT2D eigenvalue weighted by Gasteiger charge is -2.29. The molecular formula is C57H78N18O12. The van der Waals surface area contributed by atoms with Crippen molar-refractivity contribution >= 4 is 76.0 Å². The summed E-state index contributed by atoms with van der Waals surface area (Å²) in [5.41, 5.74) is 19.5. The number of carboxylic acids is 1. The van der Waals surface area contributed by atoms with Gasteiger partial charge in [0.1, 0.15) is 54.4 Å². The number of H-pyrrole nitrogens is 3. The van der Waals surface area contributed by atoms with Gasteiger partial charge in [0, 0.05) is 68.3 Å². The predicted octanol–water partition coefficient (Wildman–Crippen LogP) is -2.75. The van der Waals surface area contributed by atoms with Crippen molar-refractivity contribution in [2.45, 2.75) is 145 Å². The number of benzene rings is 2. The lowest BCUT2D eigenvalue weighted by atomic mass is 10.0. The molecule has 87 heavy (non-hydrogen) atoms. The number of aliphatic hydroxyl groups excluding tert-OH is 1. The van der Waals surface area contributed by atoms with Crippen molar-refractivity contribution < 1.29 is 58.2 Å². The number of aliphatic carboxylic acids is 1. The van der Waals surface area contributed by atoms with Gasteiger partial charge in [-0.2, -0.15) is 0 Å². The molecule has 0 aliphatic carbocycles. The Morgan fingerprint density at radius 1 is 0.655 bits per heavy atom. The normalized spacial score (nSPS) is 16.1. The average Bonchev–Trinajstić information content (AvgIpc) is 4.05. The number of aromatic nitrogens is 5. The minimum Gasteiger partial charge on any atom is -0.480 e. The predicted molar refractivity (Wildman–Crippen MR) is 315 cm³/mol. The van der Waals surface area contributed by atoms with Gasteiger partial charge in [-0.25, -0.2) is 14.8 Å². The summed E-state index contributed by atoms with van der Waals surface area (Å²) in [6, 6.07) is 2.95. The van der Waals surface area contributed by atoms with E-state index in [2.05, 4.69) is 67.5 Å². The first-order chi connectivity index (χ1) is 41.5. The van der Waals surface area contributed by atoms with Crippen molar-refractivity contribution in [3.8, 4) is 0 Å². The van der Waals surface area contributed by atoms with Crippen molar-refractivity contribution in [1.82, 2.24) is 72.4 Å². The fourth-order valence-corrected chi connectivity index (χ4v) is 9.94. The van der Waals surface area contributed by atoms with Gasteiger partial charge in [-0.1, -0.05) is 62.4 Å². The molecule has 4 heterocycles. The van der Waals surface area contributed by atoms with Crippen LogP contribution in [0.1, 0.15) is 81.8 Å². The third kappa shape index (κ3) is 19.9. The van der Waals surface area contributed by atoms with E-state index in [1.54, 1.807) is 74.6 Å². The number of amides is 9. The zero-order chi connectivity index (χ0) is 63.3. The molecule has 3 aromatic heterocycles. The second-order valence-corrected chi connectivity index (χ2v) is 21.8. The van der Waals surface area contributed by atoms with Crippen LogP contribution in [0.15, 0.2) is 85.8 Å². The molecule has 0 spiro atoms. The van der Waals surface area contributed by atoms with Crippen LogP contribution in [0.5, 0.6) is 0 Å². The third-order valence-electron chi connectivity index (χ3n) is 14.5. The summed E-state index contributed by atoms with van der Waals surface area (Å²) in [4.78, 5) is 157. The molecule has 9 amide bonds. The van der Waals surface area contributed by atoms with Gasteiger partial charge in [-0.15, -0.1) is 0 Å². The summed E-state index contributed by atoms with van der Waals surface area (Å²) >= 11 is 0. The Hall–Kier alpha value is -9.71. The maximum Gasteiger partial charge on any atom is 0.326 e. The van der Waals surface area contributed by atoms with Crippen LogP contribution in [0.4, 0.5) is 0 Å². The summed E-state index contributed by atoms with van der Waals surface area (Å²) in [7, 11) is 0. The topological polar surface area (TPSA) is 486 Å². The first kappa shape index (κ1) is 66.4. The van der Waals surface area contributed by atoms with Gasteiger partial charge >= 0.3 is 5.97 Å². The van der Waals surface area contributed by atoms with E-state index in [4.69, 9.17) is 22.6 Å². The number of imidazole rings is 2. The van der Waals surface area contributed by atoms with Gasteiger partial charge in [0.05, 0.1) is 36.6 Å². The zero-order valence-corrected chi connectivity index (χ0v) is 48.5. The number of nitrogens with zero attached hydrogens (tertiary/aromatic N) is 3. The highest BCUT2D eigenvalue weighted by molar-refractivity contribution is 5.99. The number of hydrogen-bond acceptors (Lipinski definition) is 15. The summed E-state index contributed by atoms with van der Waals surface area (Å²) in [6.45, 7) is 4.92. The number of carboxylic acid groups (broad SMARTS) is 1. The third-order valence-corrected chi connectivity index (χ3v) is 14.5. The zero-order valence-electron chi connectivity index (χ0n) is 48.5. The van der Waals surface area contributed by atoms with Crippen LogP contribution in [-0.4, -0.2) is 179 Å². The highest BCUT2D eigenvalue weighted by Crippen LogP contribution is 2.22. The standard InChI is InChI=1S/C57H78N18O12/c1-30(2)19-39(49(79)74-44(24-46(58)77)55(85)75-18-10-16-45(75)56(86)87)69-48(78)38(15-9-17-64-57(60)61)68-52(82)42(22-34-26-62-28-66-34)72-51(81)41(21-33-25-65-37-14-8-7-13-36(33)37)70-53(83)43(23-35-27-63-29-67-35)71-50(80)40(20-32-11-5-4-6-12-32)73-54(84)47(59)31(3)76/h4-8,11-14,25-31,38-45,47,65,76H,9-10,15-24,59H2,1-3H3,(H2,58,77)(H,62,66)(H,63,67)(H,68,82)(H,69,78)(H,70,83)(H,71,80)(H,72,81)(H,73,84)(H,74,79)(H,86,87)(H4,60,61,64)/t31-,38+,39+,40+,41+,42+,43+,44+,45+,47+/m1/s1. The molecule has 30 heteroatoms. The number of rotatable bonds is 33. The molecule has 0 radical (unpaired) electrons. The quantitative estimate of drug-likeness (QED) is 0.0115. The molecule has 1 aliphatic heterocycles. The maximum absolute atomic E-state index is 15.1. The van der Waals surface area contributed by atoms with Crippen LogP contribution in [0, 0.1) is 11.3 Å². The van der Waals surface area contributed by atoms with Gasteiger partial charge in [-0.3, -0.25) is 48.6 Å². The second-order valence-electron chi connectivity index (χ2n) is 21.8. The summed E-state index contributed by atoms with van der Waals surface area (Å²) in [5, 5.41) is 49.6. The molecule has 0 saturated carbocycles. The molecule has 1 aliphatic rings. The molecule has 10 atom stereocenters. The summed E-state index contributed by atoms with van der Waals surface area (Å²) in [6.07, 6.45) is 5.03. The lowest BCUT2D eigenvalue weighted by molar-refractivity contribution is -0.149. The number of primary amides is 1. The largest absolute Gasteiger partial charge is 0.480 e. The van der Waals surface area contributed by atoms with Crippen molar-refractivity contribution in [2.75, 3.05) is 13.1 Å². The van der Waals surface area contributed by atoms with E-state index >= 15 is 4.79 Å². The van der Waals surface area contributed by atoms with Crippen LogP contribution >= 0.6 is 0 Å². The van der Waals surface area contributed by atoms with E-state index in [0.717, 1.165) is 4.90 Å². The van der Waals surface area contributed by atoms with Gasteiger partial charge in [0.2, 0.25) is 53.2 Å². The van der Waals surface area contributed by atoms with Crippen molar-refractivity contribution in [3.05, 3.63) is 108 Å². The summed E-state index contributed by atoms with van der Waals surface area (Å²) < 4.78 is 0. The number of nitrogens with two attached hydrogens (primary N) is 3. The Balaban J connectivity index is 1.30.